The summed E-state index contributed by atoms with van der Waals surface area (Å²) in [7, 11) is 0. The summed E-state index contributed by atoms with van der Waals surface area (Å²) in [6.45, 7) is 4.67. The molecule has 0 radical (unpaired) electrons. The van der Waals surface area contributed by atoms with E-state index >= 15 is 0 Å². The van der Waals surface area contributed by atoms with Gasteiger partial charge >= 0.3 is 0 Å². The first-order chi connectivity index (χ1) is 7.34. The molecule has 0 aromatic carbocycles. The van der Waals surface area contributed by atoms with E-state index in [4.69, 9.17) is 4.74 Å². The van der Waals surface area contributed by atoms with E-state index < -0.39 is 0 Å². The third-order valence-electron chi connectivity index (χ3n) is 3.02. The molecule has 90 valence electrons. The van der Waals surface area contributed by atoms with E-state index in [0.717, 1.165) is 39.0 Å². The number of nitrogens with one attached hydrogen (secondary N) is 1. The Balaban J connectivity index is 1.94. The number of hydrogen-bond acceptors (Lipinski definition) is 3. The number of rotatable bonds is 7. The van der Waals surface area contributed by atoms with Gasteiger partial charge in [0.25, 0.3) is 0 Å². The summed E-state index contributed by atoms with van der Waals surface area (Å²) < 4.78 is 5.46. The van der Waals surface area contributed by atoms with Crippen LogP contribution in [-0.2, 0) is 4.74 Å². The Morgan fingerprint density at radius 2 is 2.07 bits per heavy atom. The van der Waals surface area contributed by atoms with E-state index in [0.29, 0.717) is 6.04 Å². The average Bonchev–Trinajstić information content (AvgIpc) is 2.25. The van der Waals surface area contributed by atoms with Gasteiger partial charge in [0.15, 0.2) is 0 Å². The lowest BCUT2D eigenvalue weighted by Gasteiger charge is -2.28. The normalized spacial score (nSPS) is 26.8. The molecule has 0 bridgehead atoms. The van der Waals surface area contributed by atoms with E-state index in [1.807, 2.05) is 0 Å². The molecule has 2 unspecified atom stereocenters. The maximum absolute atomic E-state index is 9.71. The predicted octanol–water partition coefficient (Wildman–Crippen LogP) is 1.70. The number of ether oxygens (including phenoxy) is 1. The summed E-state index contributed by atoms with van der Waals surface area (Å²) in [5.74, 6) is 0. The highest BCUT2D eigenvalue weighted by atomic mass is 16.5. The second kappa shape index (κ2) is 8.08. The van der Waals surface area contributed by atoms with Gasteiger partial charge in [-0.1, -0.05) is 26.2 Å². The van der Waals surface area contributed by atoms with E-state index in [1.54, 1.807) is 0 Å². The molecule has 0 aliphatic heterocycles. The Morgan fingerprint density at radius 1 is 1.27 bits per heavy atom. The smallest absolute Gasteiger partial charge is 0.0693 e. The summed E-state index contributed by atoms with van der Waals surface area (Å²) in [6, 6.07) is 0.300. The molecule has 1 fully saturated rings. The first-order valence-electron chi connectivity index (χ1n) is 6.33. The van der Waals surface area contributed by atoms with Crippen LogP contribution < -0.4 is 5.32 Å². The van der Waals surface area contributed by atoms with Gasteiger partial charge in [0, 0.05) is 19.2 Å². The van der Waals surface area contributed by atoms with Crippen molar-refractivity contribution in [1.29, 1.82) is 0 Å². The zero-order chi connectivity index (χ0) is 10.9. The summed E-state index contributed by atoms with van der Waals surface area (Å²) in [5, 5.41) is 13.1. The quantitative estimate of drug-likeness (QED) is 0.635. The molecule has 3 heteroatoms. The summed E-state index contributed by atoms with van der Waals surface area (Å²) in [4.78, 5) is 0. The lowest BCUT2D eigenvalue weighted by Crippen LogP contribution is -2.43. The molecule has 1 saturated carbocycles. The van der Waals surface area contributed by atoms with Gasteiger partial charge < -0.3 is 15.2 Å². The molecule has 0 heterocycles. The summed E-state index contributed by atoms with van der Waals surface area (Å²) >= 11 is 0. The van der Waals surface area contributed by atoms with Crippen LogP contribution in [-0.4, -0.2) is 37.0 Å². The van der Waals surface area contributed by atoms with Crippen LogP contribution >= 0.6 is 0 Å². The van der Waals surface area contributed by atoms with E-state index in [9.17, 15) is 5.11 Å². The van der Waals surface area contributed by atoms with Crippen LogP contribution in [0.25, 0.3) is 0 Å². The van der Waals surface area contributed by atoms with E-state index in [-0.39, 0.29) is 6.10 Å². The van der Waals surface area contributed by atoms with Crippen LogP contribution in [0, 0.1) is 0 Å². The zero-order valence-corrected chi connectivity index (χ0v) is 9.87. The van der Waals surface area contributed by atoms with Gasteiger partial charge in [-0.3, -0.25) is 0 Å². The molecular formula is C12H25NO2. The van der Waals surface area contributed by atoms with Crippen molar-refractivity contribution in [2.24, 2.45) is 0 Å². The number of aliphatic hydroxyl groups excluding tert-OH is 1. The molecule has 0 saturated heterocycles. The third-order valence-corrected chi connectivity index (χ3v) is 3.02. The Labute approximate surface area is 93.2 Å². The Bertz CT molecular complexity index is 153. The molecule has 0 aromatic heterocycles. The minimum atomic E-state index is -0.144. The molecule has 2 N–H and O–H groups in total. The van der Waals surface area contributed by atoms with Gasteiger partial charge in [0.05, 0.1) is 12.7 Å². The van der Waals surface area contributed by atoms with Gasteiger partial charge in [-0.2, -0.15) is 0 Å². The first kappa shape index (κ1) is 12.9. The highest BCUT2D eigenvalue weighted by molar-refractivity contribution is 4.79. The minimum Gasteiger partial charge on any atom is -0.392 e. The highest BCUT2D eigenvalue weighted by Gasteiger charge is 2.21. The van der Waals surface area contributed by atoms with Gasteiger partial charge in [-0.05, 0) is 19.3 Å². The van der Waals surface area contributed by atoms with Crippen LogP contribution in [0.5, 0.6) is 0 Å². The van der Waals surface area contributed by atoms with Crippen LogP contribution in [0.2, 0.25) is 0 Å². The van der Waals surface area contributed by atoms with Crippen LogP contribution in [0.4, 0.5) is 0 Å². The van der Waals surface area contributed by atoms with E-state index in [1.165, 1.54) is 19.3 Å². The van der Waals surface area contributed by atoms with Crippen LogP contribution in [0.15, 0.2) is 0 Å². The maximum Gasteiger partial charge on any atom is 0.0693 e. The fourth-order valence-electron chi connectivity index (χ4n) is 2.01. The maximum atomic E-state index is 9.71. The fourth-order valence-corrected chi connectivity index (χ4v) is 2.01. The van der Waals surface area contributed by atoms with Gasteiger partial charge in [0.1, 0.15) is 0 Å². The summed E-state index contributed by atoms with van der Waals surface area (Å²) in [5.41, 5.74) is 0. The molecule has 0 spiro atoms. The van der Waals surface area contributed by atoms with Crippen LogP contribution in [0.3, 0.4) is 0 Å². The highest BCUT2D eigenvalue weighted by Crippen LogP contribution is 2.17. The fraction of sp³-hybridized carbons (Fsp3) is 1.00. The van der Waals surface area contributed by atoms with Crippen LogP contribution in [0.1, 0.15) is 45.4 Å². The standard InChI is InChI=1S/C12H25NO2/c1-2-3-9-15-10-8-13-11-6-4-5-7-12(11)14/h11-14H,2-10H2,1H3. The largest absolute Gasteiger partial charge is 0.392 e. The van der Waals surface area contributed by atoms with Crippen molar-refractivity contribution in [1.82, 2.24) is 5.32 Å². The Kier molecular flexibility index (Phi) is 6.98. The van der Waals surface area contributed by atoms with Crippen molar-refractivity contribution in [3.63, 3.8) is 0 Å². The van der Waals surface area contributed by atoms with Crippen molar-refractivity contribution in [2.75, 3.05) is 19.8 Å². The van der Waals surface area contributed by atoms with E-state index in [2.05, 4.69) is 12.2 Å². The van der Waals surface area contributed by atoms with Crippen molar-refractivity contribution in [3.8, 4) is 0 Å². The average molecular weight is 215 g/mol. The van der Waals surface area contributed by atoms with Gasteiger partial charge in [-0.15, -0.1) is 0 Å². The number of aliphatic hydroxyl groups is 1. The molecule has 1 aliphatic carbocycles. The topological polar surface area (TPSA) is 41.5 Å². The van der Waals surface area contributed by atoms with Crippen molar-refractivity contribution in [2.45, 2.75) is 57.6 Å². The van der Waals surface area contributed by atoms with Crippen molar-refractivity contribution >= 4 is 0 Å². The SMILES string of the molecule is CCCCOCCNC1CCCCC1O. The third kappa shape index (κ3) is 5.50. The second-order valence-corrected chi connectivity index (χ2v) is 4.38. The summed E-state index contributed by atoms with van der Waals surface area (Å²) in [6.07, 6.45) is 6.66. The predicted molar refractivity (Wildman–Crippen MR) is 62.0 cm³/mol. The van der Waals surface area contributed by atoms with Crippen molar-refractivity contribution < 1.29 is 9.84 Å². The number of hydrogen-bond donors (Lipinski definition) is 2. The molecule has 1 rings (SSSR count). The molecule has 2 atom stereocenters. The molecule has 0 aromatic rings. The first-order valence-corrected chi connectivity index (χ1v) is 6.33. The molecule has 3 nitrogen and oxygen atoms in total. The monoisotopic (exact) mass is 215 g/mol. The Morgan fingerprint density at radius 3 is 2.80 bits per heavy atom. The molecule has 1 aliphatic rings. The molecular weight excluding hydrogens is 190 g/mol. The zero-order valence-electron chi connectivity index (χ0n) is 9.87. The van der Waals surface area contributed by atoms with Gasteiger partial charge in [0.2, 0.25) is 0 Å². The minimum absolute atomic E-state index is 0.144. The molecule has 0 amide bonds. The van der Waals surface area contributed by atoms with Gasteiger partial charge in [-0.25, -0.2) is 0 Å². The van der Waals surface area contributed by atoms with Crippen molar-refractivity contribution in [3.05, 3.63) is 0 Å². The Hall–Kier alpha value is -0.120. The molecule has 15 heavy (non-hydrogen) atoms. The second-order valence-electron chi connectivity index (χ2n) is 4.38. The lowest BCUT2D eigenvalue weighted by molar-refractivity contribution is 0.0798. The number of unbranched alkanes of at least 4 members (excludes halogenated alkanes) is 1. The lowest BCUT2D eigenvalue weighted by atomic mass is 9.93.